The van der Waals surface area contributed by atoms with E-state index in [0.29, 0.717) is 11.3 Å². The normalized spacial score (nSPS) is 16.8. The second-order valence-corrected chi connectivity index (χ2v) is 7.01. The first-order valence-electron chi connectivity index (χ1n) is 9.07. The molecular weight excluding hydrogens is 385 g/mol. The molecule has 1 aliphatic rings. The number of benzene rings is 2. The quantitative estimate of drug-likeness (QED) is 0.826. The van der Waals surface area contributed by atoms with Crippen molar-refractivity contribution in [3.63, 3.8) is 0 Å². The summed E-state index contributed by atoms with van der Waals surface area (Å²) < 4.78 is 44.8. The van der Waals surface area contributed by atoms with Gasteiger partial charge in [-0.25, -0.2) is 0 Å². The first-order valence-corrected chi connectivity index (χ1v) is 9.07. The van der Waals surface area contributed by atoms with Crippen molar-refractivity contribution in [2.45, 2.75) is 32.1 Å². The summed E-state index contributed by atoms with van der Waals surface area (Å²) in [6.45, 7) is 1.83. The van der Waals surface area contributed by atoms with Crippen LogP contribution in [0.5, 0.6) is 5.75 Å². The Morgan fingerprint density at radius 3 is 2.66 bits per heavy atom. The Morgan fingerprint density at radius 1 is 1.24 bits per heavy atom. The minimum absolute atomic E-state index is 0.0284. The largest absolute Gasteiger partial charge is 0.496 e. The van der Waals surface area contributed by atoms with Gasteiger partial charge in [0, 0.05) is 19.5 Å². The Morgan fingerprint density at radius 2 is 1.97 bits per heavy atom. The van der Waals surface area contributed by atoms with Crippen LogP contribution < -0.4 is 10.1 Å². The van der Waals surface area contributed by atoms with E-state index < -0.39 is 17.8 Å². The maximum atomic E-state index is 13.2. The molecule has 8 heteroatoms. The molecule has 0 aliphatic carbocycles. The molecule has 1 saturated heterocycles. The fraction of sp³-hybridized carbons (Fsp3) is 0.333. The lowest BCUT2D eigenvalue weighted by atomic mass is 10.1. The van der Waals surface area contributed by atoms with E-state index in [0.717, 1.165) is 11.6 Å². The van der Waals surface area contributed by atoms with Gasteiger partial charge in [0.25, 0.3) is 5.91 Å². The molecule has 154 valence electrons. The molecule has 2 aromatic carbocycles. The smallest absolute Gasteiger partial charge is 0.416 e. The lowest BCUT2D eigenvalue weighted by molar-refractivity contribution is -0.139. The standard InChI is InChI=1S/C21H21F3N2O3/c1-13-7-8-18(29-2)16(9-13)20(28)25-15-10-19(27)26(12-15)11-14-5-3-4-6-17(14)21(22,23)24/h3-9,15H,10-12H2,1-2H3,(H,25,28). The number of likely N-dealkylation sites (tertiary alicyclic amines) is 1. The van der Waals surface area contributed by atoms with E-state index in [-0.39, 0.29) is 36.9 Å². The van der Waals surface area contributed by atoms with E-state index in [1.54, 1.807) is 12.1 Å². The van der Waals surface area contributed by atoms with Crippen LogP contribution in [0.2, 0.25) is 0 Å². The number of aryl methyl sites for hydroxylation is 1. The summed E-state index contributed by atoms with van der Waals surface area (Å²) in [7, 11) is 1.46. The number of nitrogens with one attached hydrogen (secondary N) is 1. The van der Waals surface area contributed by atoms with E-state index >= 15 is 0 Å². The summed E-state index contributed by atoms with van der Waals surface area (Å²) in [6, 6.07) is 9.88. The molecule has 0 spiro atoms. The predicted octanol–water partition coefficient (Wildman–Crippen LogP) is 3.55. The molecule has 2 aromatic rings. The van der Waals surface area contributed by atoms with Crippen molar-refractivity contribution in [2.24, 2.45) is 0 Å². The van der Waals surface area contributed by atoms with Gasteiger partial charge in [0.1, 0.15) is 5.75 Å². The summed E-state index contributed by atoms with van der Waals surface area (Å²) in [5.74, 6) is -0.280. The Kier molecular flexibility index (Phi) is 5.81. The average molecular weight is 406 g/mol. The van der Waals surface area contributed by atoms with Crippen LogP contribution in [-0.4, -0.2) is 36.4 Å². The number of ether oxygens (including phenoxy) is 1. The lowest BCUT2D eigenvalue weighted by Gasteiger charge is -2.20. The molecular formula is C21H21F3N2O3. The topological polar surface area (TPSA) is 58.6 Å². The van der Waals surface area contributed by atoms with Crippen molar-refractivity contribution >= 4 is 11.8 Å². The van der Waals surface area contributed by atoms with Gasteiger partial charge in [0.05, 0.1) is 24.3 Å². The number of carbonyl (C=O) groups is 2. The number of carbonyl (C=O) groups excluding carboxylic acids is 2. The number of nitrogens with zero attached hydrogens (tertiary/aromatic N) is 1. The zero-order valence-electron chi connectivity index (χ0n) is 16.0. The van der Waals surface area contributed by atoms with Gasteiger partial charge in [0.2, 0.25) is 5.91 Å². The van der Waals surface area contributed by atoms with E-state index in [9.17, 15) is 22.8 Å². The van der Waals surface area contributed by atoms with Crippen LogP contribution in [0.15, 0.2) is 42.5 Å². The van der Waals surface area contributed by atoms with E-state index in [1.165, 1.54) is 30.2 Å². The predicted molar refractivity (Wildman–Crippen MR) is 100 cm³/mol. The van der Waals surface area contributed by atoms with Crippen LogP contribution in [0.3, 0.4) is 0 Å². The first kappa shape index (κ1) is 20.7. The Labute approximate surface area is 166 Å². The zero-order valence-corrected chi connectivity index (χ0v) is 16.0. The summed E-state index contributed by atoms with van der Waals surface area (Å²) in [5, 5.41) is 2.78. The third kappa shape index (κ3) is 4.70. The number of rotatable bonds is 5. The van der Waals surface area contributed by atoms with Gasteiger partial charge < -0.3 is 15.0 Å². The summed E-state index contributed by atoms with van der Waals surface area (Å²) >= 11 is 0. The third-order valence-corrected chi connectivity index (χ3v) is 4.83. The van der Waals surface area contributed by atoms with Crippen LogP contribution >= 0.6 is 0 Å². The zero-order chi connectivity index (χ0) is 21.2. The highest BCUT2D eigenvalue weighted by atomic mass is 19.4. The maximum Gasteiger partial charge on any atom is 0.416 e. The van der Waals surface area contributed by atoms with Gasteiger partial charge in [0.15, 0.2) is 0 Å². The van der Waals surface area contributed by atoms with E-state index in [1.807, 2.05) is 13.0 Å². The van der Waals surface area contributed by atoms with E-state index in [4.69, 9.17) is 4.74 Å². The number of alkyl halides is 3. The molecule has 1 aliphatic heterocycles. The van der Waals surface area contributed by atoms with Crippen molar-refractivity contribution in [1.82, 2.24) is 10.2 Å². The second kappa shape index (κ2) is 8.14. The third-order valence-electron chi connectivity index (χ3n) is 4.83. The van der Waals surface area contributed by atoms with Crippen molar-refractivity contribution in [3.8, 4) is 5.75 Å². The first-order chi connectivity index (χ1) is 13.7. The van der Waals surface area contributed by atoms with Crippen LogP contribution in [-0.2, 0) is 17.5 Å². The average Bonchev–Trinajstić information content (AvgIpc) is 3.00. The lowest BCUT2D eigenvalue weighted by Crippen LogP contribution is -2.37. The highest BCUT2D eigenvalue weighted by molar-refractivity contribution is 5.97. The van der Waals surface area contributed by atoms with E-state index in [2.05, 4.69) is 5.32 Å². The molecule has 3 rings (SSSR count). The SMILES string of the molecule is COc1ccc(C)cc1C(=O)NC1CC(=O)N(Cc2ccccc2C(F)(F)F)C1. The fourth-order valence-electron chi connectivity index (χ4n) is 3.42. The Bertz CT molecular complexity index is 928. The molecule has 1 N–H and O–H groups in total. The fourth-order valence-corrected chi connectivity index (χ4v) is 3.42. The molecule has 2 amide bonds. The van der Waals surface area contributed by atoms with Crippen LogP contribution in [0, 0.1) is 6.92 Å². The minimum atomic E-state index is -4.49. The summed E-state index contributed by atoms with van der Waals surface area (Å²) in [6.07, 6.45) is -4.46. The molecule has 0 radical (unpaired) electrons. The van der Waals surface area contributed by atoms with Gasteiger partial charge >= 0.3 is 6.18 Å². The molecule has 0 bridgehead atoms. The van der Waals surface area contributed by atoms with Gasteiger partial charge in [-0.2, -0.15) is 13.2 Å². The highest BCUT2D eigenvalue weighted by Crippen LogP contribution is 2.33. The van der Waals surface area contributed by atoms with Crippen molar-refractivity contribution in [3.05, 3.63) is 64.7 Å². The molecule has 29 heavy (non-hydrogen) atoms. The minimum Gasteiger partial charge on any atom is -0.496 e. The number of halogens is 3. The molecule has 5 nitrogen and oxygen atoms in total. The van der Waals surface area contributed by atoms with Gasteiger partial charge in [-0.05, 0) is 30.7 Å². The number of amides is 2. The molecule has 1 heterocycles. The molecule has 1 atom stereocenters. The second-order valence-electron chi connectivity index (χ2n) is 7.01. The molecule has 0 saturated carbocycles. The van der Waals surface area contributed by atoms with Gasteiger partial charge in [-0.15, -0.1) is 0 Å². The van der Waals surface area contributed by atoms with Gasteiger partial charge in [-0.1, -0.05) is 29.8 Å². The maximum absolute atomic E-state index is 13.2. The monoisotopic (exact) mass is 406 g/mol. The van der Waals surface area contributed by atoms with Crippen LogP contribution in [0.1, 0.15) is 33.5 Å². The van der Waals surface area contributed by atoms with Gasteiger partial charge in [-0.3, -0.25) is 9.59 Å². The summed E-state index contributed by atoms with van der Waals surface area (Å²) in [5.41, 5.74) is 0.495. The van der Waals surface area contributed by atoms with Crippen LogP contribution in [0.25, 0.3) is 0 Å². The number of hydrogen-bond donors (Lipinski definition) is 1. The molecule has 1 fully saturated rings. The van der Waals surface area contributed by atoms with Crippen LogP contribution in [0.4, 0.5) is 13.2 Å². The number of methoxy groups -OCH3 is 1. The van der Waals surface area contributed by atoms with Crippen molar-refractivity contribution in [1.29, 1.82) is 0 Å². The Balaban J connectivity index is 1.70. The van der Waals surface area contributed by atoms with Crippen molar-refractivity contribution < 1.29 is 27.5 Å². The van der Waals surface area contributed by atoms with Crippen molar-refractivity contribution in [2.75, 3.05) is 13.7 Å². The number of hydrogen-bond acceptors (Lipinski definition) is 3. The molecule has 1 unspecified atom stereocenters. The molecule has 0 aromatic heterocycles. The highest BCUT2D eigenvalue weighted by Gasteiger charge is 2.36. The summed E-state index contributed by atoms with van der Waals surface area (Å²) in [4.78, 5) is 26.3. The Hall–Kier alpha value is -3.03.